The smallest absolute Gasteiger partial charge is 0.0791 e. The van der Waals surface area contributed by atoms with E-state index >= 15 is 0 Å². The largest absolute Gasteiger partial charge is 0.388 e. The van der Waals surface area contributed by atoms with E-state index in [0.29, 0.717) is 12.0 Å². The lowest BCUT2D eigenvalue weighted by molar-refractivity contribution is -0.0107. The topological polar surface area (TPSA) is 32.3 Å². The van der Waals surface area contributed by atoms with Crippen molar-refractivity contribution in [3.8, 4) is 0 Å². The maximum atomic E-state index is 10.4. The highest BCUT2D eigenvalue weighted by Crippen LogP contribution is 2.22. The molecule has 1 atom stereocenters. The maximum absolute atomic E-state index is 10.4. The van der Waals surface area contributed by atoms with E-state index in [0.717, 1.165) is 13.0 Å². The molecular weight excluding hydrogens is 186 g/mol. The summed E-state index contributed by atoms with van der Waals surface area (Å²) in [6, 6.07) is 0.649. The van der Waals surface area contributed by atoms with Crippen LogP contribution in [-0.2, 0) is 0 Å². The Labute approximate surface area is 94.5 Å². The Kier molecular flexibility index (Phi) is 5.07. The average Bonchev–Trinajstić information content (AvgIpc) is 2.27. The first-order valence-electron chi connectivity index (χ1n) is 6.54. The standard InChI is InChI=1S/C13H27NO/c1-4-13(15,11(2)3)10-14-12-8-6-5-7-9-12/h11-12,14-15H,4-10H2,1-3H3. The van der Waals surface area contributed by atoms with Crippen LogP contribution in [0.1, 0.15) is 59.3 Å². The van der Waals surface area contributed by atoms with Gasteiger partial charge in [-0.15, -0.1) is 0 Å². The third kappa shape index (κ3) is 3.76. The second-order valence-electron chi connectivity index (χ2n) is 5.33. The van der Waals surface area contributed by atoms with Crippen LogP contribution in [-0.4, -0.2) is 23.3 Å². The van der Waals surface area contributed by atoms with Gasteiger partial charge in [-0.3, -0.25) is 0 Å². The van der Waals surface area contributed by atoms with Crippen molar-refractivity contribution >= 4 is 0 Å². The lowest BCUT2D eigenvalue weighted by atomic mass is 9.86. The molecular formula is C13H27NO. The van der Waals surface area contributed by atoms with E-state index in [1.165, 1.54) is 32.1 Å². The van der Waals surface area contributed by atoms with Gasteiger partial charge in [-0.2, -0.15) is 0 Å². The third-order valence-electron chi connectivity index (χ3n) is 3.99. The quantitative estimate of drug-likeness (QED) is 0.736. The summed E-state index contributed by atoms with van der Waals surface area (Å²) in [5.41, 5.74) is -0.516. The van der Waals surface area contributed by atoms with Crippen molar-refractivity contribution in [1.29, 1.82) is 0 Å². The molecule has 0 saturated heterocycles. The monoisotopic (exact) mass is 213 g/mol. The minimum atomic E-state index is -0.516. The SMILES string of the molecule is CCC(O)(CNC1CCCCC1)C(C)C. The minimum absolute atomic E-state index is 0.332. The van der Waals surface area contributed by atoms with Crippen LogP contribution < -0.4 is 5.32 Å². The molecule has 90 valence electrons. The Hall–Kier alpha value is -0.0800. The molecule has 2 N–H and O–H groups in total. The van der Waals surface area contributed by atoms with Crippen LogP contribution in [0.3, 0.4) is 0 Å². The minimum Gasteiger partial charge on any atom is -0.388 e. The van der Waals surface area contributed by atoms with Crippen molar-refractivity contribution < 1.29 is 5.11 Å². The Morgan fingerprint density at radius 3 is 2.33 bits per heavy atom. The van der Waals surface area contributed by atoms with Crippen LogP contribution in [0.5, 0.6) is 0 Å². The first-order chi connectivity index (χ1) is 7.08. The summed E-state index contributed by atoms with van der Waals surface area (Å²) in [6.45, 7) is 7.03. The highest BCUT2D eigenvalue weighted by molar-refractivity contribution is 4.85. The predicted molar refractivity (Wildman–Crippen MR) is 65.0 cm³/mol. The van der Waals surface area contributed by atoms with Crippen molar-refractivity contribution in [1.82, 2.24) is 5.32 Å². The summed E-state index contributed by atoms with van der Waals surface area (Å²) in [6.07, 6.45) is 7.51. The molecule has 0 bridgehead atoms. The fourth-order valence-corrected chi connectivity index (χ4v) is 2.37. The van der Waals surface area contributed by atoms with Crippen LogP contribution in [0.15, 0.2) is 0 Å². The molecule has 1 unspecified atom stereocenters. The Morgan fingerprint density at radius 1 is 1.27 bits per heavy atom. The second-order valence-corrected chi connectivity index (χ2v) is 5.33. The van der Waals surface area contributed by atoms with Gasteiger partial charge in [-0.25, -0.2) is 0 Å². The van der Waals surface area contributed by atoms with Crippen molar-refractivity contribution in [3.05, 3.63) is 0 Å². The van der Waals surface area contributed by atoms with Crippen LogP contribution in [0.25, 0.3) is 0 Å². The van der Waals surface area contributed by atoms with Gasteiger partial charge in [0.2, 0.25) is 0 Å². The highest BCUT2D eigenvalue weighted by Gasteiger charge is 2.29. The molecule has 0 amide bonds. The third-order valence-corrected chi connectivity index (χ3v) is 3.99. The van der Waals surface area contributed by atoms with E-state index < -0.39 is 5.60 Å². The number of aliphatic hydroxyl groups is 1. The van der Waals surface area contributed by atoms with Gasteiger partial charge in [0.15, 0.2) is 0 Å². The molecule has 1 aliphatic carbocycles. The van der Waals surface area contributed by atoms with E-state index in [1.807, 2.05) is 0 Å². The van der Waals surface area contributed by atoms with Gasteiger partial charge in [-0.05, 0) is 25.2 Å². The Morgan fingerprint density at radius 2 is 1.87 bits per heavy atom. The van der Waals surface area contributed by atoms with E-state index in [4.69, 9.17) is 0 Å². The average molecular weight is 213 g/mol. The van der Waals surface area contributed by atoms with Crippen LogP contribution >= 0.6 is 0 Å². The summed E-state index contributed by atoms with van der Waals surface area (Å²) in [5.74, 6) is 0.332. The lowest BCUT2D eigenvalue weighted by Crippen LogP contribution is -2.48. The van der Waals surface area contributed by atoms with Gasteiger partial charge in [0.05, 0.1) is 5.60 Å². The molecule has 15 heavy (non-hydrogen) atoms. The summed E-state index contributed by atoms with van der Waals surface area (Å²) >= 11 is 0. The Balaban J connectivity index is 2.32. The summed E-state index contributed by atoms with van der Waals surface area (Å²) < 4.78 is 0. The van der Waals surface area contributed by atoms with Crippen molar-refractivity contribution in [2.24, 2.45) is 5.92 Å². The number of hydrogen-bond donors (Lipinski definition) is 2. The van der Waals surface area contributed by atoms with E-state index in [9.17, 15) is 5.11 Å². The molecule has 1 fully saturated rings. The van der Waals surface area contributed by atoms with E-state index in [-0.39, 0.29) is 0 Å². The predicted octanol–water partition coefficient (Wildman–Crippen LogP) is 2.71. The molecule has 0 radical (unpaired) electrons. The fourth-order valence-electron chi connectivity index (χ4n) is 2.37. The molecule has 2 heteroatoms. The molecule has 1 saturated carbocycles. The molecule has 0 aromatic carbocycles. The number of nitrogens with one attached hydrogen (secondary N) is 1. The van der Waals surface area contributed by atoms with Crippen LogP contribution in [0, 0.1) is 5.92 Å². The summed E-state index contributed by atoms with van der Waals surface area (Å²) in [5, 5.41) is 13.9. The fraction of sp³-hybridized carbons (Fsp3) is 1.00. The number of rotatable bonds is 5. The lowest BCUT2D eigenvalue weighted by Gasteiger charge is -2.34. The number of hydrogen-bond acceptors (Lipinski definition) is 2. The molecule has 0 spiro atoms. The zero-order valence-corrected chi connectivity index (χ0v) is 10.6. The second kappa shape index (κ2) is 5.86. The van der Waals surface area contributed by atoms with Gasteiger partial charge >= 0.3 is 0 Å². The van der Waals surface area contributed by atoms with Gasteiger partial charge in [0, 0.05) is 12.6 Å². The van der Waals surface area contributed by atoms with Crippen LogP contribution in [0.4, 0.5) is 0 Å². The van der Waals surface area contributed by atoms with Crippen molar-refractivity contribution in [2.75, 3.05) is 6.54 Å². The molecule has 1 rings (SSSR count). The molecule has 0 heterocycles. The van der Waals surface area contributed by atoms with Gasteiger partial charge < -0.3 is 10.4 Å². The van der Waals surface area contributed by atoms with Gasteiger partial charge in [0.25, 0.3) is 0 Å². The van der Waals surface area contributed by atoms with Crippen molar-refractivity contribution in [3.63, 3.8) is 0 Å². The molecule has 2 nitrogen and oxygen atoms in total. The molecule has 0 aliphatic heterocycles. The molecule has 1 aliphatic rings. The molecule has 0 aromatic heterocycles. The van der Waals surface area contributed by atoms with Gasteiger partial charge in [0.1, 0.15) is 0 Å². The van der Waals surface area contributed by atoms with E-state index in [2.05, 4.69) is 26.1 Å². The first-order valence-corrected chi connectivity index (χ1v) is 6.54. The first kappa shape index (κ1) is 13.0. The normalized spacial score (nSPS) is 23.0. The summed E-state index contributed by atoms with van der Waals surface area (Å²) in [4.78, 5) is 0. The maximum Gasteiger partial charge on any atom is 0.0791 e. The van der Waals surface area contributed by atoms with E-state index in [1.54, 1.807) is 0 Å². The summed E-state index contributed by atoms with van der Waals surface area (Å²) in [7, 11) is 0. The Bertz CT molecular complexity index is 175. The van der Waals surface area contributed by atoms with Crippen LogP contribution in [0.2, 0.25) is 0 Å². The van der Waals surface area contributed by atoms with Gasteiger partial charge in [-0.1, -0.05) is 40.0 Å². The van der Waals surface area contributed by atoms with Crippen molar-refractivity contribution in [2.45, 2.75) is 70.9 Å². The zero-order valence-electron chi connectivity index (χ0n) is 10.6. The highest BCUT2D eigenvalue weighted by atomic mass is 16.3. The zero-order chi connectivity index (χ0) is 11.3. The molecule has 0 aromatic rings.